The second kappa shape index (κ2) is 8.66. The number of rotatable bonds is 7. The number of nitrogens with one attached hydrogen (secondary N) is 1. The number of hydrogen-bond donors (Lipinski definition) is 2. The number of benzene rings is 2. The van der Waals surface area contributed by atoms with Gasteiger partial charge in [0.1, 0.15) is 18.0 Å². The average Bonchev–Trinajstić information content (AvgIpc) is 2.80. The molecule has 0 spiro atoms. The first-order chi connectivity index (χ1) is 15.0. The molecule has 0 radical (unpaired) electrons. The first kappa shape index (κ1) is 20.7. The summed E-state index contributed by atoms with van der Waals surface area (Å²) in [5.74, 6) is 1.26. The Morgan fingerprint density at radius 3 is 2.39 bits per heavy atom. The maximum atomic E-state index is 12.8. The number of fused-ring (bicyclic) bond motifs is 1. The molecule has 0 aliphatic heterocycles. The lowest BCUT2D eigenvalue weighted by Gasteiger charge is -2.17. The molecule has 0 saturated carbocycles. The number of nitrogens with zero attached hydrogens (tertiary/aromatic N) is 4. The summed E-state index contributed by atoms with van der Waals surface area (Å²) < 4.78 is 25.5. The van der Waals surface area contributed by atoms with Crippen molar-refractivity contribution >= 4 is 38.1 Å². The molecular weight excluding hydrogens is 414 g/mol. The van der Waals surface area contributed by atoms with Crippen LogP contribution in [-0.2, 0) is 9.84 Å². The van der Waals surface area contributed by atoms with Gasteiger partial charge in [-0.15, -0.1) is 0 Å². The van der Waals surface area contributed by atoms with Crippen LogP contribution >= 0.6 is 0 Å². The minimum absolute atomic E-state index is 0.0187. The maximum absolute atomic E-state index is 12.8. The van der Waals surface area contributed by atoms with Crippen LogP contribution < -0.4 is 10.2 Å². The Bertz CT molecular complexity index is 1300. The van der Waals surface area contributed by atoms with Gasteiger partial charge in [-0.1, -0.05) is 18.2 Å². The van der Waals surface area contributed by atoms with Crippen molar-refractivity contribution < 1.29 is 13.5 Å². The molecule has 158 valence electrons. The fourth-order valence-corrected chi connectivity index (χ4v) is 4.39. The molecule has 0 amide bonds. The van der Waals surface area contributed by atoms with Crippen LogP contribution in [0.15, 0.2) is 83.0 Å². The largest absolute Gasteiger partial charge is 0.395 e. The lowest BCUT2D eigenvalue weighted by atomic mass is 10.2. The Morgan fingerprint density at radius 2 is 1.68 bits per heavy atom. The van der Waals surface area contributed by atoms with E-state index in [2.05, 4.69) is 20.3 Å². The van der Waals surface area contributed by atoms with Gasteiger partial charge in [0.15, 0.2) is 0 Å². The predicted molar refractivity (Wildman–Crippen MR) is 119 cm³/mol. The lowest BCUT2D eigenvalue weighted by molar-refractivity contribution is 0.304. The summed E-state index contributed by atoms with van der Waals surface area (Å²) >= 11 is 0. The number of sulfone groups is 1. The molecule has 2 aromatic heterocycles. The highest BCUT2D eigenvalue weighted by Crippen LogP contribution is 2.27. The van der Waals surface area contributed by atoms with E-state index in [1.807, 2.05) is 18.0 Å². The van der Waals surface area contributed by atoms with Gasteiger partial charge in [-0.05, 0) is 42.5 Å². The van der Waals surface area contributed by atoms with Gasteiger partial charge < -0.3 is 15.3 Å². The standard InChI is InChI=1S/C22H21N5O3S/c1-27(11-12-28)21-13-19-20(14-23-21)24-15-25-22(19)26-16-7-9-18(10-8-16)31(29,30)17-5-3-2-4-6-17/h2-10,13-15,28H,11-12H2,1H3,(H,24,25,26). The SMILES string of the molecule is CN(CCO)c1cc2c(Nc3ccc(S(=O)(=O)c4ccccc4)cc3)ncnc2cn1. The van der Waals surface area contributed by atoms with Crippen LogP contribution in [0.5, 0.6) is 0 Å². The molecule has 0 atom stereocenters. The van der Waals surface area contributed by atoms with Crippen molar-refractivity contribution in [3.8, 4) is 0 Å². The molecule has 4 aromatic rings. The molecule has 2 N–H and O–H groups in total. The van der Waals surface area contributed by atoms with E-state index in [1.54, 1.807) is 60.8 Å². The maximum Gasteiger partial charge on any atom is 0.206 e. The van der Waals surface area contributed by atoms with Gasteiger partial charge in [-0.25, -0.2) is 23.4 Å². The number of aromatic nitrogens is 3. The van der Waals surface area contributed by atoms with Crippen LogP contribution in [-0.4, -0.2) is 48.7 Å². The van der Waals surface area contributed by atoms with Crippen molar-refractivity contribution in [2.24, 2.45) is 0 Å². The molecular formula is C22H21N5O3S. The second-order valence-electron chi connectivity index (χ2n) is 6.89. The quantitative estimate of drug-likeness (QED) is 0.456. The van der Waals surface area contributed by atoms with Crippen LogP contribution in [0.4, 0.5) is 17.3 Å². The normalized spacial score (nSPS) is 11.4. The van der Waals surface area contributed by atoms with Gasteiger partial charge in [-0.2, -0.15) is 0 Å². The predicted octanol–water partition coefficient (Wildman–Crippen LogP) is 3.03. The van der Waals surface area contributed by atoms with Crippen LogP contribution in [0.25, 0.3) is 10.9 Å². The van der Waals surface area contributed by atoms with Gasteiger partial charge in [0, 0.05) is 24.7 Å². The Kier molecular flexibility index (Phi) is 5.79. The highest BCUT2D eigenvalue weighted by atomic mass is 32.2. The second-order valence-corrected chi connectivity index (χ2v) is 8.84. The number of aliphatic hydroxyl groups is 1. The zero-order valence-electron chi connectivity index (χ0n) is 16.8. The molecule has 2 heterocycles. The van der Waals surface area contributed by atoms with Crippen LogP contribution in [0.3, 0.4) is 0 Å². The Balaban J connectivity index is 1.63. The van der Waals surface area contributed by atoms with E-state index in [9.17, 15) is 8.42 Å². The molecule has 2 aromatic carbocycles. The zero-order valence-corrected chi connectivity index (χ0v) is 17.6. The minimum Gasteiger partial charge on any atom is -0.395 e. The lowest BCUT2D eigenvalue weighted by Crippen LogP contribution is -2.22. The molecule has 0 aliphatic rings. The Labute approximate surface area is 180 Å². The molecule has 4 rings (SSSR count). The van der Waals surface area contributed by atoms with Crippen LogP contribution in [0, 0.1) is 0 Å². The Hall–Kier alpha value is -3.56. The average molecular weight is 436 g/mol. The molecule has 0 fully saturated rings. The fourth-order valence-electron chi connectivity index (χ4n) is 3.11. The first-order valence-corrected chi connectivity index (χ1v) is 11.1. The highest BCUT2D eigenvalue weighted by molar-refractivity contribution is 7.91. The van der Waals surface area contributed by atoms with Crippen molar-refractivity contribution in [3.63, 3.8) is 0 Å². The number of pyridine rings is 1. The van der Waals surface area contributed by atoms with Gasteiger partial charge in [0.25, 0.3) is 0 Å². The topological polar surface area (TPSA) is 108 Å². The van der Waals surface area contributed by atoms with Crippen molar-refractivity contribution in [3.05, 3.63) is 73.2 Å². The van der Waals surface area contributed by atoms with Gasteiger partial charge >= 0.3 is 0 Å². The minimum atomic E-state index is -3.57. The summed E-state index contributed by atoms with van der Waals surface area (Å²) in [4.78, 5) is 15.3. The molecule has 8 nitrogen and oxygen atoms in total. The van der Waals surface area contributed by atoms with E-state index in [4.69, 9.17) is 5.11 Å². The van der Waals surface area contributed by atoms with E-state index >= 15 is 0 Å². The van der Waals surface area contributed by atoms with Gasteiger partial charge in [0.05, 0.1) is 28.1 Å². The number of likely N-dealkylation sites (N-methyl/N-ethyl adjacent to an activating group) is 1. The smallest absolute Gasteiger partial charge is 0.206 e. The van der Waals surface area contributed by atoms with Crippen molar-refractivity contribution in [1.29, 1.82) is 0 Å². The molecule has 0 saturated heterocycles. The molecule has 0 unspecified atom stereocenters. The van der Waals surface area contributed by atoms with E-state index < -0.39 is 9.84 Å². The third-order valence-electron chi connectivity index (χ3n) is 4.81. The molecule has 9 heteroatoms. The number of hydrogen-bond acceptors (Lipinski definition) is 8. The van der Waals surface area contributed by atoms with Gasteiger partial charge in [-0.3, -0.25) is 0 Å². The summed E-state index contributed by atoms with van der Waals surface area (Å²) in [6.07, 6.45) is 3.10. The number of anilines is 3. The van der Waals surface area contributed by atoms with E-state index in [0.29, 0.717) is 29.4 Å². The van der Waals surface area contributed by atoms with Crippen LogP contribution in [0.2, 0.25) is 0 Å². The monoisotopic (exact) mass is 435 g/mol. The zero-order chi connectivity index (χ0) is 21.8. The van der Waals surface area contributed by atoms with E-state index in [-0.39, 0.29) is 16.4 Å². The number of aliphatic hydroxyl groups excluding tert-OH is 1. The van der Waals surface area contributed by atoms with Crippen molar-refractivity contribution in [1.82, 2.24) is 15.0 Å². The Morgan fingerprint density at radius 1 is 0.968 bits per heavy atom. The highest BCUT2D eigenvalue weighted by Gasteiger charge is 2.17. The molecule has 31 heavy (non-hydrogen) atoms. The van der Waals surface area contributed by atoms with E-state index in [1.165, 1.54) is 6.33 Å². The summed E-state index contributed by atoms with van der Waals surface area (Å²) in [6.45, 7) is 0.469. The van der Waals surface area contributed by atoms with E-state index in [0.717, 1.165) is 5.39 Å². The first-order valence-electron chi connectivity index (χ1n) is 9.59. The molecule has 0 aliphatic carbocycles. The molecule has 0 bridgehead atoms. The summed E-state index contributed by atoms with van der Waals surface area (Å²) in [5.41, 5.74) is 1.36. The summed E-state index contributed by atoms with van der Waals surface area (Å²) in [7, 11) is -1.73. The van der Waals surface area contributed by atoms with Crippen molar-refractivity contribution in [2.45, 2.75) is 9.79 Å². The fraction of sp³-hybridized carbons (Fsp3) is 0.136. The van der Waals surface area contributed by atoms with Crippen molar-refractivity contribution in [2.75, 3.05) is 30.4 Å². The van der Waals surface area contributed by atoms with Gasteiger partial charge in [0.2, 0.25) is 9.84 Å². The van der Waals surface area contributed by atoms with Crippen LogP contribution in [0.1, 0.15) is 0 Å². The third-order valence-corrected chi connectivity index (χ3v) is 6.60. The summed E-state index contributed by atoms with van der Waals surface area (Å²) in [6, 6.07) is 16.7. The summed E-state index contributed by atoms with van der Waals surface area (Å²) in [5, 5.41) is 13.1. The third kappa shape index (κ3) is 4.32.